The van der Waals surface area contributed by atoms with E-state index in [2.05, 4.69) is 11.8 Å². The third kappa shape index (κ3) is 5.62. The van der Waals surface area contributed by atoms with Gasteiger partial charge < -0.3 is 0 Å². The summed E-state index contributed by atoms with van der Waals surface area (Å²) in [4.78, 5) is 1.60. The van der Waals surface area contributed by atoms with Crippen molar-refractivity contribution < 1.29 is 0 Å². The quantitative estimate of drug-likeness (QED) is 0.547. The molecule has 0 aliphatic rings. The van der Waals surface area contributed by atoms with Gasteiger partial charge in [-0.2, -0.15) is 0 Å². The van der Waals surface area contributed by atoms with E-state index >= 15 is 0 Å². The summed E-state index contributed by atoms with van der Waals surface area (Å²) in [5.74, 6) is 5.76. The number of halogens is 3. The van der Waals surface area contributed by atoms with Gasteiger partial charge in [-0.1, -0.05) is 0 Å². The second-order valence-electron chi connectivity index (χ2n) is 2.51. The average molecular weight is 306 g/mol. The van der Waals surface area contributed by atoms with Gasteiger partial charge in [-0.05, 0) is 0 Å². The number of hydrogen-bond donors (Lipinski definition) is 0. The van der Waals surface area contributed by atoms with Crippen LogP contribution in [0.25, 0.3) is 0 Å². The van der Waals surface area contributed by atoms with Crippen LogP contribution in [0.15, 0.2) is 41.3 Å². The van der Waals surface area contributed by atoms with Crippen molar-refractivity contribution in [2.75, 3.05) is 0 Å². The van der Waals surface area contributed by atoms with E-state index in [4.69, 9.17) is 30.0 Å². The Morgan fingerprint density at radius 1 is 1.07 bits per heavy atom. The van der Waals surface area contributed by atoms with Gasteiger partial charge in [0, 0.05) is 0 Å². The fourth-order valence-corrected chi connectivity index (χ4v) is 2.34. The number of hydrogen-bond acceptors (Lipinski definition) is 0. The Morgan fingerprint density at radius 2 is 1.71 bits per heavy atom. The molecule has 0 aliphatic carbocycles. The maximum atomic E-state index is 5.68. The average Bonchev–Trinajstić information content (AvgIpc) is 2.13. The fraction of sp³-hybridized carbons (Fsp3) is 0. The molecule has 1 rings (SSSR count). The summed E-state index contributed by atoms with van der Waals surface area (Å²) < 4.78 is 0. The zero-order valence-electron chi connectivity index (χ0n) is 7.18. The van der Waals surface area contributed by atoms with Crippen LogP contribution in [0.5, 0.6) is 0 Å². The molecule has 0 bridgehead atoms. The predicted molar refractivity (Wildman–Crippen MR) is 65.8 cm³/mol. The van der Waals surface area contributed by atoms with Gasteiger partial charge in [0.1, 0.15) is 0 Å². The summed E-state index contributed by atoms with van der Waals surface area (Å²) in [6.45, 7) is 0. The second-order valence-corrected chi connectivity index (χ2v) is 17.8. The van der Waals surface area contributed by atoms with Gasteiger partial charge in [0.2, 0.25) is 0 Å². The van der Waals surface area contributed by atoms with Crippen molar-refractivity contribution in [2.45, 2.75) is 0 Å². The van der Waals surface area contributed by atoms with Crippen molar-refractivity contribution in [1.82, 2.24) is 0 Å². The molecule has 0 saturated carbocycles. The molecule has 1 aromatic carbocycles. The van der Waals surface area contributed by atoms with Crippen molar-refractivity contribution in [3.8, 4) is 11.8 Å². The van der Waals surface area contributed by atoms with Crippen LogP contribution in [0.2, 0.25) is 0 Å². The first kappa shape index (κ1) is 12.0. The number of benzene rings is 1. The van der Waals surface area contributed by atoms with E-state index in [9.17, 15) is 0 Å². The molecule has 0 spiro atoms. The van der Waals surface area contributed by atoms with Gasteiger partial charge in [-0.15, -0.1) is 0 Å². The van der Waals surface area contributed by atoms with Gasteiger partial charge in [-0.3, -0.25) is 0 Å². The Hall–Kier alpha value is -0.0671. The minimum atomic E-state index is -3.11. The van der Waals surface area contributed by atoms with E-state index in [-0.39, 0.29) is 0 Å². The van der Waals surface area contributed by atoms with Crippen LogP contribution < -0.4 is 0 Å². The van der Waals surface area contributed by atoms with Crippen LogP contribution >= 0.6 is 30.0 Å². The summed E-state index contributed by atoms with van der Waals surface area (Å²) >= 11 is 0. The van der Waals surface area contributed by atoms with Crippen LogP contribution in [0, 0.1) is 11.8 Å². The summed E-state index contributed by atoms with van der Waals surface area (Å²) in [6, 6.07) is 9.66. The summed E-state index contributed by atoms with van der Waals surface area (Å²) in [6.07, 6.45) is 1.61. The van der Waals surface area contributed by atoms with E-state index in [0.717, 1.165) is 5.56 Å². The standard InChI is InChI=1S/C10H7Cl3Ge/c11-14(12,13)9-5-4-8-10-6-2-1-3-7-10/h1-3,5-7,9H/b9-5+. The van der Waals surface area contributed by atoms with Crippen molar-refractivity contribution in [2.24, 2.45) is 0 Å². The van der Waals surface area contributed by atoms with E-state index in [1.165, 1.54) is 0 Å². The third-order valence-corrected chi connectivity index (χ3v) is 4.45. The Balaban J connectivity index is 2.62. The second kappa shape index (κ2) is 5.73. The molecule has 0 aliphatic heterocycles. The monoisotopic (exact) mass is 306 g/mol. The molecular weight excluding hydrogens is 299 g/mol. The molecule has 72 valence electrons. The fourth-order valence-electron chi connectivity index (χ4n) is 0.783. The molecule has 0 saturated heterocycles. The molecule has 0 nitrogen and oxygen atoms in total. The molecule has 0 heterocycles. The van der Waals surface area contributed by atoms with Gasteiger partial charge in [0.15, 0.2) is 0 Å². The molecule has 0 atom stereocenters. The SMILES string of the molecule is [Cl][Ge]([Cl])([Cl])/[CH]=C/C#Cc1ccccc1. The first-order valence-electron chi connectivity index (χ1n) is 3.89. The Labute approximate surface area is 98.8 Å². The van der Waals surface area contributed by atoms with Gasteiger partial charge >= 0.3 is 99.2 Å². The van der Waals surface area contributed by atoms with Crippen LogP contribution in [-0.4, -0.2) is 10.5 Å². The van der Waals surface area contributed by atoms with Crippen LogP contribution in [0.3, 0.4) is 0 Å². The van der Waals surface area contributed by atoms with Gasteiger partial charge in [0.05, 0.1) is 0 Å². The molecule has 0 unspecified atom stereocenters. The minimum absolute atomic E-state index is 0.953. The van der Waals surface area contributed by atoms with E-state index < -0.39 is 10.5 Å². The van der Waals surface area contributed by atoms with E-state index in [0.29, 0.717) is 0 Å². The Morgan fingerprint density at radius 3 is 2.29 bits per heavy atom. The zero-order valence-corrected chi connectivity index (χ0v) is 11.5. The van der Waals surface area contributed by atoms with Gasteiger partial charge in [-0.25, -0.2) is 0 Å². The number of allylic oxidation sites excluding steroid dienone is 1. The van der Waals surface area contributed by atoms with Crippen molar-refractivity contribution in [1.29, 1.82) is 0 Å². The first-order chi connectivity index (χ1) is 6.58. The van der Waals surface area contributed by atoms with E-state index in [1.54, 1.807) is 11.0 Å². The number of rotatable bonds is 1. The summed E-state index contributed by atoms with van der Waals surface area (Å²) in [5.41, 5.74) is 0.953. The van der Waals surface area contributed by atoms with E-state index in [1.807, 2.05) is 30.3 Å². The molecule has 0 N–H and O–H groups in total. The molecular formula is C10H7Cl3Ge. The summed E-state index contributed by atoms with van der Waals surface area (Å²) in [5, 5.41) is 0. The molecule has 0 radical (unpaired) electrons. The normalized spacial score (nSPS) is 11.1. The first-order valence-corrected chi connectivity index (χ1v) is 13.4. The molecule has 0 fully saturated rings. The zero-order chi connectivity index (χ0) is 10.4. The molecule has 0 aromatic heterocycles. The van der Waals surface area contributed by atoms with Crippen molar-refractivity contribution >= 4 is 40.5 Å². The van der Waals surface area contributed by atoms with Gasteiger partial charge in [0.25, 0.3) is 0 Å². The third-order valence-electron chi connectivity index (χ3n) is 1.35. The van der Waals surface area contributed by atoms with Crippen molar-refractivity contribution in [3.63, 3.8) is 0 Å². The van der Waals surface area contributed by atoms with Crippen LogP contribution in [0.4, 0.5) is 0 Å². The van der Waals surface area contributed by atoms with Crippen LogP contribution in [0.1, 0.15) is 5.56 Å². The molecule has 1 aromatic rings. The maximum absolute atomic E-state index is 5.68. The molecule has 14 heavy (non-hydrogen) atoms. The van der Waals surface area contributed by atoms with Crippen LogP contribution in [-0.2, 0) is 0 Å². The predicted octanol–water partition coefficient (Wildman–Crippen LogP) is 3.79. The van der Waals surface area contributed by atoms with Crippen molar-refractivity contribution in [3.05, 3.63) is 46.9 Å². The Bertz CT molecular complexity index is 368. The molecule has 4 heteroatoms. The molecule has 0 amide bonds. The topological polar surface area (TPSA) is 0 Å². The summed E-state index contributed by atoms with van der Waals surface area (Å²) in [7, 11) is 13.9. The Kier molecular flexibility index (Phi) is 4.91.